The fraction of sp³-hybridized carbons (Fsp3) is 0.625. The van der Waals surface area contributed by atoms with Gasteiger partial charge in [-0.3, -0.25) is 0 Å². The highest BCUT2D eigenvalue weighted by Gasteiger charge is 2.27. The fourth-order valence-electron chi connectivity index (χ4n) is 2.55. The Bertz CT molecular complexity index is 515. The summed E-state index contributed by atoms with van der Waals surface area (Å²) in [6.07, 6.45) is 5.60. The molecule has 0 spiro atoms. The van der Waals surface area contributed by atoms with Crippen molar-refractivity contribution < 1.29 is 13.2 Å². The van der Waals surface area contributed by atoms with Gasteiger partial charge in [-0.05, 0) is 42.9 Å². The minimum Gasteiger partial charge on any atom is -0.493 e. The number of hydrogen-bond acceptors (Lipinski definition) is 4. The van der Waals surface area contributed by atoms with Crippen LogP contribution in [0.15, 0.2) is 29.2 Å². The van der Waals surface area contributed by atoms with Crippen molar-refractivity contribution in [2.24, 2.45) is 5.41 Å². The summed E-state index contributed by atoms with van der Waals surface area (Å²) < 4.78 is 28.7. The molecule has 5 heteroatoms. The van der Waals surface area contributed by atoms with E-state index in [4.69, 9.17) is 4.74 Å². The molecule has 0 aliphatic carbocycles. The molecule has 1 aromatic rings. The summed E-state index contributed by atoms with van der Waals surface area (Å²) in [6, 6.07) is 6.62. The van der Waals surface area contributed by atoms with Crippen LogP contribution in [0, 0.1) is 5.41 Å². The van der Waals surface area contributed by atoms with Crippen LogP contribution in [0.2, 0.25) is 0 Å². The quantitative estimate of drug-likeness (QED) is 0.696. The maximum atomic E-state index is 11.4. The Morgan fingerprint density at radius 3 is 2.00 bits per heavy atom. The third-order valence-corrected chi connectivity index (χ3v) is 5.49. The molecule has 0 aromatic heterocycles. The van der Waals surface area contributed by atoms with Crippen molar-refractivity contribution in [3.8, 4) is 5.75 Å². The van der Waals surface area contributed by atoms with E-state index in [0.29, 0.717) is 17.3 Å². The second-order valence-corrected chi connectivity index (χ2v) is 8.02. The van der Waals surface area contributed by atoms with Gasteiger partial charge in [0.1, 0.15) is 5.75 Å². The number of benzene rings is 1. The van der Waals surface area contributed by atoms with E-state index in [0.717, 1.165) is 31.4 Å². The van der Waals surface area contributed by atoms with Crippen LogP contribution in [0.25, 0.3) is 0 Å². The summed E-state index contributed by atoms with van der Waals surface area (Å²) in [6.45, 7) is 4.97. The van der Waals surface area contributed by atoms with E-state index < -0.39 is 9.84 Å². The van der Waals surface area contributed by atoms with Crippen molar-refractivity contribution in [2.75, 3.05) is 18.6 Å². The van der Waals surface area contributed by atoms with Gasteiger partial charge in [0.15, 0.2) is 9.84 Å². The number of ether oxygens (including phenoxy) is 1. The summed E-state index contributed by atoms with van der Waals surface area (Å²) in [5, 5.41) is 0. The molecular formula is C16H26O3S2. The van der Waals surface area contributed by atoms with Gasteiger partial charge >= 0.3 is 0 Å². The van der Waals surface area contributed by atoms with E-state index in [2.05, 4.69) is 26.5 Å². The number of thiol groups is 1. The molecule has 1 aromatic carbocycles. The third-order valence-electron chi connectivity index (χ3n) is 3.69. The predicted molar refractivity (Wildman–Crippen MR) is 91.1 cm³/mol. The highest BCUT2D eigenvalue weighted by Crippen LogP contribution is 2.32. The van der Waals surface area contributed by atoms with E-state index >= 15 is 0 Å². The van der Waals surface area contributed by atoms with Crippen LogP contribution in [0.1, 0.15) is 39.5 Å². The Balaban J connectivity index is 2.76. The Hall–Kier alpha value is -0.680. The summed E-state index contributed by atoms with van der Waals surface area (Å²) in [7, 11) is -3.15. The standard InChI is InChI=1S/C16H26O3S2/c1-4-10-16(13-20,11-5-2)12-19-14-6-8-15(9-7-14)21(3,17)18/h6-9,20H,4-5,10-13H2,1-3H3. The smallest absolute Gasteiger partial charge is 0.175 e. The fourth-order valence-corrected chi connectivity index (χ4v) is 3.59. The van der Waals surface area contributed by atoms with Gasteiger partial charge in [-0.2, -0.15) is 12.6 Å². The van der Waals surface area contributed by atoms with Gasteiger partial charge < -0.3 is 4.74 Å². The molecule has 120 valence electrons. The van der Waals surface area contributed by atoms with Crippen LogP contribution in [-0.4, -0.2) is 27.0 Å². The van der Waals surface area contributed by atoms with E-state index in [-0.39, 0.29) is 5.41 Å². The van der Waals surface area contributed by atoms with Crippen LogP contribution in [0.4, 0.5) is 0 Å². The first-order valence-electron chi connectivity index (χ1n) is 7.40. The molecule has 3 nitrogen and oxygen atoms in total. The highest BCUT2D eigenvalue weighted by molar-refractivity contribution is 7.90. The Labute approximate surface area is 134 Å². The molecular weight excluding hydrogens is 304 g/mol. The molecule has 21 heavy (non-hydrogen) atoms. The summed E-state index contributed by atoms with van der Waals surface area (Å²) >= 11 is 4.51. The maximum Gasteiger partial charge on any atom is 0.175 e. The third kappa shape index (κ3) is 5.55. The van der Waals surface area contributed by atoms with Crippen molar-refractivity contribution in [1.82, 2.24) is 0 Å². The van der Waals surface area contributed by atoms with Crippen molar-refractivity contribution >= 4 is 22.5 Å². The lowest BCUT2D eigenvalue weighted by Gasteiger charge is -2.31. The molecule has 0 N–H and O–H groups in total. The van der Waals surface area contributed by atoms with Crippen molar-refractivity contribution in [3.05, 3.63) is 24.3 Å². The first-order valence-corrected chi connectivity index (χ1v) is 9.93. The summed E-state index contributed by atoms with van der Waals surface area (Å²) in [4.78, 5) is 0.317. The summed E-state index contributed by atoms with van der Waals surface area (Å²) in [5.74, 6) is 1.51. The molecule has 0 radical (unpaired) electrons. The first kappa shape index (κ1) is 18.4. The second kappa shape index (κ2) is 8.08. The van der Waals surface area contributed by atoms with Gasteiger partial charge in [0.05, 0.1) is 11.5 Å². The Kier molecular flexibility index (Phi) is 7.07. The van der Waals surface area contributed by atoms with Crippen LogP contribution in [0.5, 0.6) is 5.75 Å². The zero-order valence-corrected chi connectivity index (χ0v) is 14.8. The molecule has 0 atom stereocenters. The largest absolute Gasteiger partial charge is 0.493 e. The molecule has 0 saturated carbocycles. The molecule has 0 saturated heterocycles. The lowest BCUT2D eigenvalue weighted by atomic mass is 9.82. The van der Waals surface area contributed by atoms with Crippen LogP contribution >= 0.6 is 12.6 Å². The molecule has 1 rings (SSSR count). The van der Waals surface area contributed by atoms with Gasteiger partial charge in [0, 0.05) is 11.7 Å². The molecule has 0 heterocycles. The van der Waals surface area contributed by atoms with Crippen LogP contribution in [0.3, 0.4) is 0 Å². The van der Waals surface area contributed by atoms with Gasteiger partial charge in [-0.15, -0.1) is 0 Å². The van der Waals surface area contributed by atoms with Crippen LogP contribution in [-0.2, 0) is 9.84 Å². The number of rotatable bonds is 9. The average molecular weight is 331 g/mol. The zero-order valence-electron chi connectivity index (χ0n) is 13.1. The molecule has 0 fully saturated rings. The maximum absolute atomic E-state index is 11.4. The van der Waals surface area contributed by atoms with Crippen LogP contribution < -0.4 is 4.74 Å². The van der Waals surface area contributed by atoms with Crippen molar-refractivity contribution in [2.45, 2.75) is 44.4 Å². The van der Waals surface area contributed by atoms with E-state index in [1.165, 1.54) is 6.26 Å². The lowest BCUT2D eigenvalue weighted by molar-refractivity contribution is 0.143. The minimum atomic E-state index is -3.15. The minimum absolute atomic E-state index is 0.0993. The Morgan fingerprint density at radius 2 is 1.62 bits per heavy atom. The predicted octanol–water partition coefficient (Wildman–Crippen LogP) is 3.99. The average Bonchev–Trinajstić information content (AvgIpc) is 2.45. The normalized spacial score (nSPS) is 12.4. The zero-order chi connectivity index (χ0) is 15.9. The highest BCUT2D eigenvalue weighted by atomic mass is 32.2. The van der Waals surface area contributed by atoms with Gasteiger partial charge in [0.2, 0.25) is 0 Å². The van der Waals surface area contributed by atoms with E-state index in [1.54, 1.807) is 24.3 Å². The monoisotopic (exact) mass is 330 g/mol. The van der Waals surface area contributed by atoms with Crippen molar-refractivity contribution in [3.63, 3.8) is 0 Å². The SMILES string of the molecule is CCCC(CS)(CCC)COc1ccc(S(C)(=O)=O)cc1. The Morgan fingerprint density at radius 1 is 1.10 bits per heavy atom. The second-order valence-electron chi connectivity index (χ2n) is 5.69. The molecule has 0 amide bonds. The van der Waals surface area contributed by atoms with Gasteiger partial charge in [-0.25, -0.2) is 8.42 Å². The molecule has 0 bridgehead atoms. The van der Waals surface area contributed by atoms with Gasteiger partial charge in [0.25, 0.3) is 0 Å². The molecule has 0 aliphatic heterocycles. The topological polar surface area (TPSA) is 43.4 Å². The van der Waals surface area contributed by atoms with E-state index in [9.17, 15) is 8.42 Å². The van der Waals surface area contributed by atoms with Gasteiger partial charge in [-0.1, -0.05) is 26.7 Å². The number of hydrogen-bond donors (Lipinski definition) is 1. The molecule has 0 unspecified atom stereocenters. The summed E-state index contributed by atoms with van der Waals surface area (Å²) in [5.41, 5.74) is 0.0993. The molecule has 0 aliphatic rings. The lowest BCUT2D eigenvalue weighted by Crippen LogP contribution is -2.30. The first-order chi connectivity index (χ1) is 9.87. The van der Waals surface area contributed by atoms with E-state index in [1.807, 2.05) is 0 Å². The van der Waals surface area contributed by atoms with Crippen molar-refractivity contribution in [1.29, 1.82) is 0 Å². The number of sulfone groups is 1.